The van der Waals surface area contributed by atoms with Crippen molar-refractivity contribution in [1.82, 2.24) is 0 Å². The van der Waals surface area contributed by atoms with Crippen LogP contribution in [0.15, 0.2) is 0 Å². The van der Waals surface area contributed by atoms with Crippen molar-refractivity contribution in [3.05, 3.63) is 0 Å². The van der Waals surface area contributed by atoms with E-state index in [1.807, 2.05) is 0 Å². The molecule has 40 heavy (non-hydrogen) atoms. The summed E-state index contributed by atoms with van der Waals surface area (Å²) in [4.78, 5) is 10.1. The van der Waals surface area contributed by atoms with Gasteiger partial charge in [-0.15, -0.1) is 0 Å². The molecule has 6 nitrogen and oxygen atoms in total. The van der Waals surface area contributed by atoms with E-state index in [4.69, 9.17) is 13.8 Å². The first-order chi connectivity index (χ1) is 19.5. The molecule has 3 heterocycles. The molecule has 238 valence electrons. The number of phosphoric acid groups is 1. The van der Waals surface area contributed by atoms with Gasteiger partial charge in [-0.1, -0.05) is 97.3 Å². The highest BCUT2D eigenvalue weighted by atomic mass is 31.2. The molecule has 0 spiro atoms. The number of quaternary nitrogens is 1. The normalized spacial score (nSPS) is 22.9. The van der Waals surface area contributed by atoms with E-state index < -0.39 is 7.82 Å². The Morgan fingerprint density at radius 3 is 1.73 bits per heavy atom. The maximum Gasteiger partial charge on any atom is 0.472 e. The lowest BCUT2D eigenvalue weighted by Crippen LogP contribution is -2.58. The van der Waals surface area contributed by atoms with Crippen LogP contribution in [0.3, 0.4) is 0 Å². The molecule has 0 radical (unpaired) electrons. The van der Waals surface area contributed by atoms with Crippen molar-refractivity contribution < 1.29 is 27.7 Å². The van der Waals surface area contributed by atoms with Crippen LogP contribution in [-0.4, -0.2) is 62.0 Å². The Morgan fingerprint density at radius 1 is 0.675 bits per heavy atom. The van der Waals surface area contributed by atoms with Crippen molar-refractivity contribution >= 4 is 7.82 Å². The number of rotatable bonds is 28. The van der Waals surface area contributed by atoms with E-state index >= 15 is 0 Å². The Bertz CT molecular complexity index is 627. The zero-order chi connectivity index (χ0) is 28.8. The molecule has 3 saturated heterocycles. The van der Waals surface area contributed by atoms with E-state index in [2.05, 4.69) is 13.8 Å². The van der Waals surface area contributed by atoms with Gasteiger partial charge in [-0.3, -0.25) is 9.05 Å². The van der Waals surface area contributed by atoms with Crippen LogP contribution in [0.2, 0.25) is 0 Å². The van der Waals surface area contributed by atoms with Gasteiger partial charge in [-0.2, -0.15) is 0 Å². The summed E-state index contributed by atoms with van der Waals surface area (Å²) in [6.07, 6.45) is 27.1. The summed E-state index contributed by atoms with van der Waals surface area (Å²) in [6, 6.07) is 0. The molecule has 2 bridgehead atoms. The van der Waals surface area contributed by atoms with Gasteiger partial charge in [0.25, 0.3) is 0 Å². The molecule has 0 aromatic heterocycles. The van der Waals surface area contributed by atoms with Crippen molar-refractivity contribution in [3.63, 3.8) is 0 Å². The predicted molar refractivity (Wildman–Crippen MR) is 168 cm³/mol. The molecule has 2 atom stereocenters. The van der Waals surface area contributed by atoms with E-state index in [-0.39, 0.29) is 12.5 Å². The second-order valence-corrected chi connectivity index (χ2v) is 14.5. The Morgan fingerprint density at radius 2 is 1.18 bits per heavy atom. The lowest BCUT2D eigenvalue weighted by Gasteiger charge is -2.49. The van der Waals surface area contributed by atoms with Crippen LogP contribution in [0, 0.1) is 11.8 Å². The van der Waals surface area contributed by atoms with Crippen molar-refractivity contribution in [2.75, 3.05) is 52.6 Å². The smallest absolute Gasteiger partial charge is 0.381 e. The van der Waals surface area contributed by atoms with E-state index in [9.17, 15) is 9.46 Å². The average Bonchev–Trinajstić information content (AvgIpc) is 2.97. The Balaban J connectivity index is 1.35. The largest absolute Gasteiger partial charge is 0.472 e. The number of piperidine rings is 3. The molecular formula is C33H67NO5P+. The topological polar surface area (TPSA) is 65.0 Å². The third-order valence-corrected chi connectivity index (χ3v) is 10.6. The second-order valence-electron chi connectivity index (χ2n) is 13.1. The molecule has 2 unspecified atom stereocenters. The van der Waals surface area contributed by atoms with Crippen molar-refractivity contribution in [2.24, 2.45) is 11.8 Å². The molecule has 0 aliphatic carbocycles. The van der Waals surface area contributed by atoms with E-state index in [0.29, 0.717) is 13.2 Å². The minimum absolute atomic E-state index is 0.123. The maximum atomic E-state index is 12.3. The molecule has 1 N–H and O–H groups in total. The molecule has 0 aromatic carbocycles. The zero-order valence-electron chi connectivity index (χ0n) is 26.6. The highest BCUT2D eigenvalue weighted by molar-refractivity contribution is 7.47. The van der Waals surface area contributed by atoms with Crippen LogP contribution in [0.1, 0.15) is 149 Å². The van der Waals surface area contributed by atoms with Crippen LogP contribution >= 0.6 is 7.82 Å². The number of phosphoric ester groups is 1. The highest BCUT2D eigenvalue weighted by Gasteiger charge is 2.38. The van der Waals surface area contributed by atoms with Crippen molar-refractivity contribution in [2.45, 2.75) is 149 Å². The SMILES string of the molecule is CCCCCCCCCCCCCCCCOCC(CC)COP(=O)(O)OCCCCC[N+]12CCC(CC1)CC2. The van der Waals surface area contributed by atoms with Gasteiger partial charge in [0.15, 0.2) is 0 Å². The fourth-order valence-electron chi connectivity index (χ4n) is 6.55. The first-order valence-corrected chi connectivity index (χ1v) is 19.0. The number of fused-ring (bicyclic) bond motifs is 3. The third kappa shape index (κ3) is 17.2. The minimum atomic E-state index is -3.98. The minimum Gasteiger partial charge on any atom is -0.381 e. The van der Waals surface area contributed by atoms with E-state index in [0.717, 1.165) is 38.2 Å². The van der Waals surface area contributed by atoms with Gasteiger partial charge < -0.3 is 14.1 Å². The average molecular weight is 589 g/mol. The molecule has 0 amide bonds. The van der Waals surface area contributed by atoms with Crippen molar-refractivity contribution in [3.8, 4) is 0 Å². The lowest BCUT2D eigenvalue weighted by atomic mass is 9.85. The quantitative estimate of drug-likeness (QED) is 0.0560. The fraction of sp³-hybridized carbons (Fsp3) is 1.00. The zero-order valence-corrected chi connectivity index (χ0v) is 27.5. The predicted octanol–water partition coefficient (Wildman–Crippen LogP) is 9.44. The summed E-state index contributed by atoms with van der Waals surface area (Å²) < 4.78 is 30.0. The van der Waals surface area contributed by atoms with Gasteiger partial charge in [0.1, 0.15) is 0 Å². The fourth-order valence-corrected chi connectivity index (χ4v) is 7.38. The van der Waals surface area contributed by atoms with Crippen LogP contribution in [-0.2, 0) is 18.3 Å². The van der Waals surface area contributed by atoms with Gasteiger partial charge in [-0.25, -0.2) is 4.57 Å². The lowest BCUT2D eigenvalue weighted by molar-refractivity contribution is -0.942. The summed E-state index contributed by atoms with van der Waals surface area (Å²) >= 11 is 0. The third-order valence-electron chi connectivity index (χ3n) is 9.61. The summed E-state index contributed by atoms with van der Waals surface area (Å²) in [5.74, 6) is 1.12. The van der Waals surface area contributed by atoms with Crippen LogP contribution < -0.4 is 0 Å². The van der Waals surface area contributed by atoms with Gasteiger partial charge in [0.2, 0.25) is 0 Å². The van der Waals surface area contributed by atoms with Crippen molar-refractivity contribution in [1.29, 1.82) is 0 Å². The molecule has 0 aromatic rings. The number of hydrogen-bond acceptors (Lipinski definition) is 4. The monoisotopic (exact) mass is 588 g/mol. The van der Waals surface area contributed by atoms with E-state index in [1.165, 1.54) is 140 Å². The Kier molecular flexibility index (Phi) is 20.4. The summed E-state index contributed by atoms with van der Waals surface area (Å²) in [6.45, 7) is 11.6. The molecule has 3 fully saturated rings. The number of ether oxygens (including phenoxy) is 1. The molecule has 3 rings (SSSR count). The molecule has 0 saturated carbocycles. The highest BCUT2D eigenvalue weighted by Crippen LogP contribution is 2.44. The molecule has 7 heteroatoms. The van der Waals surface area contributed by atoms with Gasteiger partial charge in [-0.05, 0) is 57.3 Å². The van der Waals surface area contributed by atoms with E-state index in [1.54, 1.807) is 0 Å². The maximum absolute atomic E-state index is 12.3. The Hall–Kier alpha value is 0.0300. The molecule has 3 aliphatic heterocycles. The first kappa shape index (κ1) is 36.2. The number of hydrogen-bond donors (Lipinski definition) is 1. The summed E-state index contributed by atoms with van der Waals surface area (Å²) in [5, 5.41) is 0. The molecule has 3 aliphatic rings. The van der Waals surface area contributed by atoms with Crippen LogP contribution in [0.25, 0.3) is 0 Å². The number of unbranched alkanes of at least 4 members (excludes halogenated alkanes) is 15. The van der Waals surface area contributed by atoms with Gasteiger partial charge in [0.05, 0.1) is 46.0 Å². The van der Waals surface area contributed by atoms with Crippen LogP contribution in [0.5, 0.6) is 0 Å². The van der Waals surface area contributed by atoms with Crippen LogP contribution in [0.4, 0.5) is 0 Å². The second kappa shape index (κ2) is 22.6. The first-order valence-electron chi connectivity index (χ1n) is 17.5. The summed E-state index contributed by atoms with van der Waals surface area (Å²) in [5.41, 5.74) is 0. The Labute approximate surface area is 248 Å². The van der Waals surface area contributed by atoms with Gasteiger partial charge >= 0.3 is 7.82 Å². The van der Waals surface area contributed by atoms with Gasteiger partial charge in [0, 0.05) is 12.5 Å². The number of nitrogens with zero attached hydrogens (tertiary/aromatic N) is 1. The molecular weight excluding hydrogens is 521 g/mol. The summed E-state index contributed by atoms with van der Waals surface area (Å²) in [7, 11) is -3.98. The standard InChI is InChI=1S/C33H66NO5P/c1-3-5-6-7-8-9-10-11-12-13-14-15-16-19-28-37-30-32(4-2)31-39-40(35,36)38-29-20-17-18-24-34-25-21-33(22-26-34)23-27-34/h32-33H,3-31H2,1-2H3/p+1.